The van der Waals surface area contributed by atoms with Gasteiger partial charge in [0.15, 0.2) is 0 Å². The molecule has 1 N–H and O–H groups in total. The molecule has 1 nitrogen and oxygen atoms in total. The van der Waals surface area contributed by atoms with Crippen LogP contribution >= 0.6 is 23.5 Å². The zero-order valence-electron chi connectivity index (χ0n) is 10.4. The summed E-state index contributed by atoms with van der Waals surface area (Å²) in [5, 5.41) is 10.6. The van der Waals surface area contributed by atoms with Crippen molar-refractivity contribution in [3.05, 3.63) is 35.4 Å². The molecule has 0 spiro atoms. The standard InChI is InChI=1S/C13H15F3OS2/c1-8-12(19-7-6-18-8)11(17)9-2-4-10(5-3-9)13(14,15)16/h2-5,8,11-12,17H,6-7H2,1H3. The molecule has 0 aromatic heterocycles. The number of aliphatic hydroxyl groups excluding tert-OH is 1. The summed E-state index contributed by atoms with van der Waals surface area (Å²) in [4.78, 5) is 0. The van der Waals surface area contributed by atoms with E-state index in [0.717, 1.165) is 23.6 Å². The normalized spacial score (nSPS) is 26.2. The van der Waals surface area contributed by atoms with Crippen LogP contribution in [0.25, 0.3) is 0 Å². The molecule has 19 heavy (non-hydrogen) atoms. The van der Waals surface area contributed by atoms with Gasteiger partial charge >= 0.3 is 6.18 Å². The highest BCUT2D eigenvalue weighted by molar-refractivity contribution is 8.07. The average Bonchev–Trinajstić information content (AvgIpc) is 2.38. The van der Waals surface area contributed by atoms with E-state index in [1.807, 2.05) is 0 Å². The number of halogens is 3. The Labute approximate surface area is 119 Å². The largest absolute Gasteiger partial charge is 0.416 e. The Balaban J connectivity index is 2.13. The van der Waals surface area contributed by atoms with Crippen LogP contribution in [-0.4, -0.2) is 27.1 Å². The van der Waals surface area contributed by atoms with E-state index in [2.05, 4.69) is 6.92 Å². The zero-order chi connectivity index (χ0) is 14.0. The Morgan fingerprint density at radius 2 is 1.74 bits per heavy atom. The summed E-state index contributed by atoms with van der Waals surface area (Å²) in [6, 6.07) is 4.81. The van der Waals surface area contributed by atoms with Crippen molar-refractivity contribution in [3.8, 4) is 0 Å². The van der Waals surface area contributed by atoms with Crippen molar-refractivity contribution in [3.63, 3.8) is 0 Å². The first-order valence-corrected chi connectivity index (χ1v) is 8.08. The van der Waals surface area contributed by atoms with E-state index in [0.29, 0.717) is 10.8 Å². The molecule has 0 amide bonds. The molecule has 1 aromatic carbocycles. The molecule has 1 fully saturated rings. The fourth-order valence-electron chi connectivity index (χ4n) is 2.06. The van der Waals surface area contributed by atoms with Gasteiger partial charge in [0.25, 0.3) is 0 Å². The smallest absolute Gasteiger partial charge is 0.387 e. The van der Waals surface area contributed by atoms with Gasteiger partial charge in [0.2, 0.25) is 0 Å². The topological polar surface area (TPSA) is 20.2 Å². The number of thioether (sulfide) groups is 2. The van der Waals surface area contributed by atoms with Crippen LogP contribution in [-0.2, 0) is 6.18 Å². The minimum atomic E-state index is -4.33. The highest BCUT2D eigenvalue weighted by Crippen LogP contribution is 2.39. The van der Waals surface area contributed by atoms with Crippen LogP contribution in [0.3, 0.4) is 0 Å². The third kappa shape index (κ3) is 3.61. The third-order valence-corrected chi connectivity index (χ3v) is 6.31. The Hall–Kier alpha value is -0.330. The summed E-state index contributed by atoms with van der Waals surface area (Å²) in [7, 11) is 0. The molecule has 1 saturated heterocycles. The molecule has 0 bridgehead atoms. The first-order valence-electron chi connectivity index (χ1n) is 5.98. The molecule has 1 aliphatic rings. The van der Waals surface area contributed by atoms with Gasteiger partial charge in [0, 0.05) is 22.0 Å². The number of benzene rings is 1. The van der Waals surface area contributed by atoms with Gasteiger partial charge < -0.3 is 5.11 Å². The minimum absolute atomic E-state index is 0.0375. The van der Waals surface area contributed by atoms with E-state index in [1.165, 1.54) is 12.1 Å². The van der Waals surface area contributed by atoms with E-state index in [1.54, 1.807) is 23.5 Å². The molecule has 1 aromatic rings. The quantitative estimate of drug-likeness (QED) is 0.892. The molecule has 3 atom stereocenters. The van der Waals surface area contributed by atoms with Crippen molar-refractivity contribution < 1.29 is 18.3 Å². The Bertz CT molecular complexity index is 419. The third-order valence-electron chi connectivity index (χ3n) is 3.13. The molecule has 0 radical (unpaired) electrons. The van der Waals surface area contributed by atoms with Crippen LogP contribution in [0.1, 0.15) is 24.2 Å². The lowest BCUT2D eigenvalue weighted by atomic mass is 10.0. The van der Waals surface area contributed by atoms with Crippen molar-refractivity contribution in [2.45, 2.75) is 29.7 Å². The Kier molecular flexibility index (Phi) is 4.74. The first-order chi connectivity index (χ1) is 8.89. The van der Waals surface area contributed by atoms with Gasteiger partial charge in [-0.15, -0.1) is 0 Å². The summed E-state index contributed by atoms with van der Waals surface area (Å²) in [6.45, 7) is 2.05. The second-order valence-corrected chi connectivity index (χ2v) is 7.25. The molecular formula is C13H15F3OS2. The number of hydrogen-bond donors (Lipinski definition) is 1. The molecule has 1 heterocycles. The highest BCUT2D eigenvalue weighted by Gasteiger charge is 2.32. The van der Waals surface area contributed by atoms with Crippen LogP contribution in [0.4, 0.5) is 13.2 Å². The van der Waals surface area contributed by atoms with Crippen molar-refractivity contribution in [2.24, 2.45) is 0 Å². The average molecular weight is 308 g/mol. The van der Waals surface area contributed by atoms with Crippen molar-refractivity contribution in [1.29, 1.82) is 0 Å². The monoisotopic (exact) mass is 308 g/mol. The zero-order valence-corrected chi connectivity index (χ0v) is 12.0. The molecule has 3 unspecified atom stereocenters. The van der Waals surface area contributed by atoms with Crippen molar-refractivity contribution >= 4 is 23.5 Å². The summed E-state index contributed by atoms with van der Waals surface area (Å²) < 4.78 is 37.4. The maximum Gasteiger partial charge on any atom is 0.416 e. The lowest BCUT2D eigenvalue weighted by Crippen LogP contribution is -2.29. The molecule has 6 heteroatoms. The predicted molar refractivity (Wildman–Crippen MR) is 74.6 cm³/mol. The fourth-order valence-corrected chi connectivity index (χ4v) is 4.89. The van der Waals surface area contributed by atoms with Crippen molar-refractivity contribution in [1.82, 2.24) is 0 Å². The second kappa shape index (κ2) is 5.97. The fraction of sp³-hybridized carbons (Fsp3) is 0.538. The van der Waals surface area contributed by atoms with Gasteiger partial charge in [-0.05, 0) is 17.7 Å². The van der Waals surface area contributed by atoms with Gasteiger partial charge in [-0.25, -0.2) is 0 Å². The maximum atomic E-state index is 12.5. The predicted octanol–water partition coefficient (Wildman–Crippen LogP) is 3.98. The maximum absolute atomic E-state index is 12.5. The lowest BCUT2D eigenvalue weighted by Gasteiger charge is -2.31. The van der Waals surface area contributed by atoms with E-state index in [-0.39, 0.29) is 5.25 Å². The van der Waals surface area contributed by atoms with Crippen LogP contribution < -0.4 is 0 Å². The number of alkyl halides is 3. The molecule has 2 rings (SSSR count). The summed E-state index contributed by atoms with van der Waals surface area (Å²) in [5.41, 5.74) is -0.123. The SMILES string of the molecule is CC1SCCSC1C(O)c1ccc(C(F)(F)F)cc1. The number of rotatable bonds is 2. The summed E-state index contributed by atoms with van der Waals surface area (Å²) in [5.74, 6) is 2.03. The highest BCUT2D eigenvalue weighted by atomic mass is 32.2. The Morgan fingerprint density at radius 1 is 1.16 bits per heavy atom. The van der Waals surface area contributed by atoms with Gasteiger partial charge in [0.05, 0.1) is 11.7 Å². The molecule has 0 aliphatic carbocycles. The van der Waals surface area contributed by atoms with E-state index in [9.17, 15) is 18.3 Å². The summed E-state index contributed by atoms with van der Waals surface area (Å²) in [6.07, 6.45) is -5.04. The van der Waals surface area contributed by atoms with E-state index >= 15 is 0 Å². The summed E-state index contributed by atoms with van der Waals surface area (Å²) >= 11 is 3.49. The molecule has 0 saturated carbocycles. The van der Waals surface area contributed by atoms with Gasteiger partial charge in [0.1, 0.15) is 0 Å². The molecule has 1 aliphatic heterocycles. The first kappa shape index (κ1) is 15.1. The van der Waals surface area contributed by atoms with Gasteiger partial charge in [-0.2, -0.15) is 36.7 Å². The van der Waals surface area contributed by atoms with Crippen LogP contribution in [0, 0.1) is 0 Å². The lowest BCUT2D eigenvalue weighted by molar-refractivity contribution is -0.137. The molecule has 106 valence electrons. The van der Waals surface area contributed by atoms with Crippen molar-refractivity contribution in [2.75, 3.05) is 11.5 Å². The van der Waals surface area contributed by atoms with E-state index in [4.69, 9.17) is 0 Å². The van der Waals surface area contributed by atoms with Crippen LogP contribution in [0.15, 0.2) is 24.3 Å². The Morgan fingerprint density at radius 3 is 2.26 bits per heavy atom. The van der Waals surface area contributed by atoms with Gasteiger partial charge in [-0.1, -0.05) is 19.1 Å². The minimum Gasteiger partial charge on any atom is -0.387 e. The second-order valence-electron chi connectivity index (χ2n) is 4.48. The van der Waals surface area contributed by atoms with Gasteiger partial charge in [-0.3, -0.25) is 0 Å². The van der Waals surface area contributed by atoms with Crippen LogP contribution in [0.5, 0.6) is 0 Å². The molecular weight excluding hydrogens is 293 g/mol. The number of hydrogen-bond acceptors (Lipinski definition) is 3. The number of aliphatic hydroxyl groups is 1. The van der Waals surface area contributed by atoms with E-state index < -0.39 is 17.8 Å². The van der Waals surface area contributed by atoms with Crippen LogP contribution in [0.2, 0.25) is 0 Å².